The maximum Gasteiger partial charge on any atom is 0.264 e. The van der Waals surface area contributed by atoms with Gasteiger partial charge in [0, 0.05) is 39.3 Å². The van der Waals surface area contributed by atoms with Gasteiger partial charge in [-0.25, -0.2) is 0 Å². The third kappa shape index (κ3) is 4.72. The lowest BCUT2D eigenvalue weighted by Gasteiger charge is -2.35. The smallest absolute Gasteiger partial charge is 0.264 e. The van der Waals surface area contributed by atoms with Crippen LogP contribution in [0.4, 0.5) is 11.4 Å². The maximum absolute atomic E-state index is 12.7. The SMILES string of the molecule is O=C(CNc1ccccc1N1CCCCC1)N1CCN(C(=O)c2cccs2)CC1. The van der Waals surface area contributed by atoms with Gasteiger partial charge in [0.2, 0.25) is 5.91 Å². The van der Waals surface area contributed by atoms with Crippen molar-refractivity contribution in [2.45, 2.75) is 19.3 Å². The Labute approximate surface area is 176 Å². The lowest BCUT2D eigenvalue weighted by Crippen LogP contribution is -2.51. The van der Waals surface area contributed by atoms with Gasteiger partial charge in [-0.15, -0.1) is 11.3 Å². The number of rotatable bonds is 5. The minimum Gasteiger partial charge on any atom is -0.374 e. The Kier molecular flexibility index (Phi) is 6.34. The molecule has 2 amide bonds. The first-order valence-corrected chi connectivity index (χ1v) is 11.3. The van der Waals surface area contributed by atoms with Gasteiger partial charge in [-0.3, -0.25) is 9.59 Å². The highest BCUT2D eigenvalue weighted by Gasteiger charge is 2.25. The second kappa shape index (κ2) is 9.31. The number of hydrogen-bond donors (Lipinski definition) is 1. The summed E-state index contributed by atoms with van der Waals surface area (Å²) in [4.78, 5) is 32.0. The molecule has 2 saturated heterocycles. The summed E-state index contributed by atoms with van der Waals surface area (Å²) in [5.74, 6) is 0.155. The molecule has 7 heteroatoms. The fraction of sp³-hybridized carbons (Fsp3) is 0.455. The van der Waals surface area contributed by atoms with Gasteiger partial charge in [0.1, 0.15) is 0 Å². The lowest BCUT2D eigenvalue weighted by atomic mass is 10.1. The van der Waals surface area contributed by atoms with Crippen LogP contribution in [0.2, 0.25) is 0 Å². The quantitative estimate of drug-likeness (QED) is 0.820. The molecule has 0 atom stereocenters. The van der Waals surface area contributed by atoms with E-state index < -0.39 is 0 Å². The van der Waals surface area contributed by atoms with Crippen molar-refractivity contribution in [2.75, 3.05) is 56.0 Å². The molecule has 0 spiro atoms. The second-order valence-corrected chi connectivity index (χ2v) is 8.52. The van der Waals surface area contributed by atoms with Crippen LogP contribution in [0.15, 0.2) is 41.8 Å². The molecule has 1 N–H and O–H groups in total. The normalized spacial score (nSPS) is 17.3. The molecule has 0 aliphatic carbocycles. The van der Waals surface area contributed by atoms with E-state index in [0.29, 0.717) is 26.2 Å². The zero-order valence-corrected chi connectivity index (χ0v) is 17.5. The Morgan fingerprint density at radius 3 is 2.31 bits per heavy atom. The number of nitrogens with one attached hydrogen (secondary N) is 1. The van der Waals surface area contributed by atoms with Gasteiger partial charge in [0.15, 0.2) is 0 Å². The largest absolute Gasteiger partial charge is 0.374 e. The van der Waals surface area contributed by atoms with Gasteiger partial charge < -0.3 is 20.0 Å². The van der Waals surface area contributed by atoms with Gasteiger partial charge in [0.25, 0.3) is 5.91 Å². The third-order valence-corrected chi connectivity index (χ3v) is 6.54. The fourth-order valence-electron chi connectivity index (χ4n) is 4.03. The number of thiophene rings is 1. The molecule has 1 aromatic heterocycles. The van der Waals surface area contributed by atoms with Crippen molar-refractivity contribution >= 4 is 34.5 Å². The summed E-state index contributed by atoms with van der Waals surface area (Å²) >= 11 is 1.46. The molecule has 6 nitrogen and oxygen atoms in total. The summed E-state index contributed by atoms with van der Waals surface area (Å²) in [6, 6.07) is 12.0. The van der Waals surface area contributed by atoms with Crippen molar-refractivity contribution < 1.29 is 9.59 Å². The number of piperidine rings is 1. The molecule has 0 radical (unpaired) electrons. The third-order valence-electron chi connectivity index (χ3n) is 5.68. The average Bonchev–Trinajstić information content (AvgIpc) is 3.33. The van der Waals surface area contributed by atoms with E-state index in [0.717, 1.165) is 23.7 Å². The van der Waals surface area contributed by atoms with Crippen LogP contribution in [0.1, 0.15) is 28.9 Å². The number of carbonyl (C=O) groups excluding carboxylic acids is 2. The Balaban J connectivity index is 1.29. The van der Waals surface area contributed by atoms with Crippen molar-refractivity contribution in [3.05, 3.63) is 46.7 Å². The number of anilines is 2. The molecule has 2 aliphatic heterocycles. The van der Waals surface area contributed by atoms with E-state index in [4.69, 9.17) is 0 Å². The minimum atomic E-state index is 0.0701. The zero-order valence-electron chi connectivity index (χ0n) is 16.7. The first-order valence-electron chi connectivity index (χ1n) is 10.4. The summed E-state index contributed by atoms with van der Waals surface area (Å²) in [5, 5.41) is 5.27. The number of benzene rings is 1. The van der Waals surface area contributed by atoms with Crippen LogP contribution in [-0.2, 0) is 4.79 Å². The van der Waals surface area contributed by atoms with Crippen molar-refractivity contribution in [3.63, 3.8) is 0 Å². The summed E-state index contributed by atoms with van der Waals surface area (Å²) in [6.07, 6.45) is 3.75. The molecule has 2 aliphatic rings. The Hall–Kier alpha value is -2.54. The van der Waals surface area contributed by atoms with E-state index in [1.807, 2.05) is 33.4 Å². The van der Waals surface area contributed by atoms with Gasteiger partial charge in [0.05, 0.1) is 22.8 Å². The van der Waals surface area contributed by atoms with E-state index in [-0.39, 0.29) is 18.4 Å². The number of para-hydroxylation sites is 2. The molecule has 3 heterocycles. The summed E-state index contributed by atoms with van der Waals surface area (Å²) in [6.45, 7) is 4.79. The molecule has 1 aromatic carbocycles. The van der Waals surface area contributed by atoms with Gasteiger partial charge in [-0.2, -0.15) is 0 Å². The number of carbonyl (C=O) groups is 2. The first-order chi connectivity index (χ1) is 14.2. The Bertz CT molecular complexity index is 825. The fourth-order valence-corrected chi connectivity index (χ4v) is 4.72. The number of piperazine rings is 1. The molecule has 0 unspecified atom stereocenters. The van der Waals surface area contributed by atoms with Crippen LogP contribution in [0, 0.1) is 0 Å². The standard InChI is InChI=1S/C22H28N4O2S/c27-21(25-12-14-26(15-13-25)22(28)20-9-6-16-29-20)17-23-18-7-2-3-8-19(18)24-10-4-1-5-11-24/h2-3,6-9,16,23H,1,4-5,10-15,17H2. The van der Waals surface area contributed by atoms with E-state index >= 15 is 0 Å². The summed E-state index contributed by atoms with van der Waals surface area (Å²) < 4.78 is 0. The van der Waals surface area contributed by atoms with Crippen molar-refractivity contribution in [2.24, 2.45) is 0 Å². The molecule has 0 bridgehead atoms. The molecular weight excluding hydrogens is 384 g/mol. The first kappa shape index (κ1) is 19.8. The van der Waals surface area contributed by atoms with Gasteiger partial charge >= 0.3 is 0 Å². The topological polar surface area (TPSA) is 55.9 Å². The predicted octanol–water partition coefficient (Wildman–Crippen LogP) is 3.13. The molecule has 4 rings (SSSR count). The molecule has 0 saturated carbocycles. The average molecular weight is 413 g/mol. The highest BCUT2D eigenvalue weighted by atomic mass is 32.1. The van der Waals surface area contributed by atoms with Crippen LogP contribution >= 0.6 is 11.3 Å². The maximum atomic E-state index is 12.7. The summed E-state index contributed by atoms with van der Waals surface area (Å²) in [7, 11) is 0. The predicted molar refractivity (Wildman–Crippen MR) is 118 cm³/mol. The Morgan fingerprint density at radius 1 is 0.862 bits per heavy atom. The van der Waals surface area contributed by atoms with Crippen LogP contribution < -0.4 is 10.2 Å². The van der Waals surface area contributed by atoms with Crippen LogP contribution in [0.3, 0.4) is 0 Å². The van der Waals surface area contributed by atoms with E-state index in [1.165, 1.54) is 36.3 Å². The lowest BCUT2D eigenvalue weighted by molar-refractivity contribution is -0.130. The molecule has 154 valence electrons. The Morgan fingerprint density at radius 2 is 1.59 bits per heavy atom. The van der Waals surface area contributed by atoms with Crippen LogP contribution in [0.5, 0.6) is 0 Å². The highest BCUT2D eigenvalue weighted by molar-refractivity contribution is 7.12. The van der Waals surface area contributed by atoms with Crippen molar-refractivity contribution in [1.82, 2.24) is 9.80 Å². The van der Waals surface area contributed by atoms with E-state index in [2.05, 4.69) is 28.4 Å². The zero-order chi connectivity index (χ0) is 20.1. The van der Waals surface area contributed by atoms with E-state index in [1.54, 1.807) is 0 Å². The molecule has 2 aromatic rings. The molecule has 29 heavy (non-hydrogen) atoms. The summed E-state index contributed by atoms with van der Waals surface area (Å²) in [5.41, 5.74) is 2.21. The molecular formula is C22H28N4O2S. The monoisotopic (exact) mass is 412 g/mol. The molecule has 2 fully saturated rings. The highest BCUT2D eigenvalue weighted by Crippen LogP contribution is 2.28. The van der Waals surface area contributed by atoms with Gasteiger partial charge in [-0.05, 0) is 42.8 Å². The van der Waals surface area contributed by atoms with Crippen LogP contribution in [-0.4, -0.2) is 67.4 Å². The van der Waals surface area contributed by atoms with E-state index in [9.17, 15) is 9.59 Å². The van der Waals surface area contributed by atoms with Gasteiger partial charge in [-0.1, -0.05) is 18.2 Å². The number of hydrogen-bond acceptors (Lipinski definition) is 5. The number of amides is 2. The minimum absolute atomic E-state index is 0.0701. The second-order valence-electron chi connectivity index (χ2n) is 7.57. The number of nitrogens with zero attached hydrogens (tertiary/aromatic N) is 3. The van der Waals surface area contributed by atoms with Crippen molar-refractivity contribution in [3.8, 4) is 0 Å². The van der Waals surface area contributed by atoms with Crippen molar-refractivity contribution in [1.29, 1.82) is 0 Å². The van der Waals surface area contributed by atoms with Crippen LogP contribution in [0.25, 0.3) is 0 Å².